The minimum atomic E-state index is 0. The quantitative estimate of drug-likeness (QED) is 0.536. The second kappa shape index (κ2) is 46.4. The van der Waals surface area contributed by atoms with Crippen molar-refractivity contribution in [2.45, 2.75) is 14.9 Å². The molecule has 0 aliphatic heterocycles. The molecule has 0 rings (SSSR count). The first-order chi connectivity index (χ1) is 0. The Balaban J connectivity index is 0. The van der Waals surface area contributed by atoms with E-state index in [1.807, 2.05) is 0 Å². The summed E-state index contributed by atoms with van der Waals surface area (Å²) < 4.78 is 0. The van der Waals surface area contributed by atoms with Gasteiger partial charge in [-0.05, 0) is 0 Å². The van der Waals surface area contributed by atoms with Gasteiger partial charge in [-0.25, -0.2) is 0 Å². The Morgan fingerprint density at radius 1 is 0.400 bits per heavy atom. The Morgan fingerprint density at radius 2 is 0.400 bits per heavy atom. The van der Waals surface area contributed by atoms with Gasteiger partial charge in [-0.15, -0.1) is 0 Å². The van der Waals surface area contributed by atoms with Crippen molar-refractivity contribution in [1.82, 2.24) is 0 Å². The maximum Gasteiger partial charge on any atom is 0 e. The van der Waals surface area contributed by atoms with E-state index in [1.54, 1.807) is 0 Å². The average molecular weight is 188 g/mol. The van der Waals surface area contributed by atoms with E-state index in [9.17, 15) is 0 Å². The molecule has 0 aromatic rings. The molecular formula is C2H8Cr3. The zero-order chi connectivity index (χ0) is 0. The predicted molar refractivity (Wildman–Crippen MR) is 13.5 cm³/mol. The van der Waals surface area contributed by atoms with Gasteiger partial charge in [-0.3, -0.25) is 0 Å². The molecule has 0 heterocycles. The van der Waals surface area contributed by atoms with E-state index in [2.05, 4.69) is 0 Å². The SMILES string of the molecule is C.C.[Cr].[Cr].[Cr]. The zero-order valence-electron chi connectivity index (χ0n) is 1.22. The van der Waals surface area contributed by atoms with Crippen LogP contribution in [-0.2, 0) is 52.1 Å². The van der Waals surface area contributed by atoms with E-state index in [0.29, 0.717) is 0 Å². The first kappa shape index (κ1) is 81.0. The molecule has 0 N–H and O–H groups in total. The second-order valence-electron chi connectivity index (χ2n) is 0. The van der Waals surface area contributed by atoms with E-state index in [0.717, 1.165) is 0 Å². The third-order valence-corrected chi connectivity index (χ3v) is 0. The molecule has 0 atom stereocenters. The van der Waals surface area contributed by atoms with Crippen LogP contribution in [-0.4, -0.2) is 0 Å². The van der Waals surface area contributed by atoms with Crippen LogP contribution >= 0.6 is 0 Å². The molecule has 0 aromatic heterocycles. The van der Waals surface area contributed by atoms with Crippen LogP contribution in [0.5, 0.6) is 0 Å². The van der Waals surface area contributed by atoms with Crippen molar-refractivity contribution >= 4 is 0 Å². The van der Waals surface area contributed by atoms with Crippen LogP contribution in [0, 0.1) is 0 Å². The van der Waals surface area contributed by atoms with Gasteiger partial charge < -0.3 is 0 Å². The van der Waals surface area contributed by atoms with Crippen molar-refractivity contribution < 1.29 is 52.1 Å². The van der Waals surface area contributed by atoms with Gasteiger partial charge in [0.25, 0.3) is 0 Å². The Bertz CT molecular complexity index is 4.85. The van der Waals surface area contributed by atoms with Gasteiger partial charge in [0.05, 0.1) is 0 Å². The van der Waals surface area contributed by atoms with Gasteiger partial charge in [0.1, 0.15) is 0 Å². The first-order valence-corrected chi connectivity index (χ1v) is 0. The minimum Gasteiger partial charge on any atom is -0.0776 e. The topological polar surface area (TPSA) is 0 Å². The van der Waals surface area contributed by atoms with Gasteiger partial charge in [0.2, 0.25) is 0 Å². The van der Waals surface area contributed by atoms with Crippen molar-refractivity contribution in [2.24, 2.45) is 0 Å². The molecule has 0 aromatic carbocycles. The summed E-state index contributed by atoms with van der Waals surface area (Å²) in [5.74, 6) is 0. The molecule has 0 spiro atoms. The summed E-state index contributed by atoms with van der Waals surface area (Å²) in [7, 11) is 0. The molecule has 0 amide bonds. The summed E-state index contributed by atoms with van der Waals surface area (Å²) in [4.78, 5) is 0. The summed E-state index contributed by atoms with van der Waals surface area (Å²) in [6, 6.07) is 0. The molecule has 0 nitrogen and oxygen atoms in total. The minimum absolute atomic E-state index is 0. The van der Waals surface area contributed by atoms with Crippen LogP contribution in [0.25, 0.3) is 0 Å². The molecule has 0 saturated heterocycles. The van der Waals surface area contributed by atoms with E-state index in [1.165, 1.54) is 0 Å². The van der Waals surface area contributed by atoms with Crippen LogP contribution in [0.4, 0.5) is 0 Å². The molecule has 0 aliphatic rings. The van der Waals surface area contributed by atoms with Crippen molar-refractivity contribution in [3.63, 3.8) is 0 Å². The number of hydrogen-bond acceptors (Lipinski definition) is 0. The van der Waals surface area contributed by atoms with Crippen LogP contribution in [0.2, 0.25) is 0 Å². The second-order valence-corrected chi connectivity index (χ2v) is 0. The van der Waals surface area contributed by atoms with Gasteiger partial charge >= 0.3 is 0 Å². The molecule has 0 unspecified atom stereocenters. The zero-order valence-corrected chi connectivity index (χ0v) is 5.05. The molecule has 0 aliphatic carbocycles. The van der Waals surface area contributed by atoms with Crippen molar-refractivity contribution in [3.05, 3.63) is 0 Å². The summed E-state index contributed by atoms with van der Waals surface area (Å²) in [5.41, 5.74) is 0. The van der Waals surface area contributed by atoms with E-state index >= 15 is 0 Å². The number of rotatable bonds is 0. The maximum atomic E-state index is 0. The van der Waals surface area contributed by atoms with Crippen molar-refractivity contribution in [2.75, 3.05) is 0 Å². The van der Waals surface area contributed by atoms with Crippen LogP contribution < -0.4 is 0 Å². The fourth-order valence-electron chi connectivity index (χ4n) is 0. The normalized spacial score (nSPS) is 0. The maximum absolute atomic E-state index is 0. The smallest absolute Gasteiger partial charge is 0 e. The Kier molecular flexibility index (Phi) is 751. The Morgan fingerprint density at radius 3 is 0.400 bits per heavy atom. The largest absolute Gasteiger partial charge is 0.0776 e. The molecule has 3 heteroatoms. The summed E-state index contributed by atoms with van der Waals surface area (Å²) in [5, 5.41) is 0. The van der Waals surface area contributed by atoms with Crippen LogP contribution in [0.15, 0.2) is 0 Å². The van der Waals surface area contributed by atoms with Gasteiger partial charge in [-0.1, -0.05) is 14.9 Å². The molecule has 0 radical (unpaired) electrons. The Hall–Kier alpha value is 1.60. The molecule has 0 saturated carbocycles. The van der Waals surface area contributed by atoms with Crippen molar-refractivity contribution in [1.29, 1.82) is 0 Å². The fourth-order valence-corrected chi connectivity index (χ4v) is 0. The van der Waals surface area contributed by atoms with E-state index < -0.39 is 0 Å². The van der Waals surface area contributed by atoms with Gasteiger partial charge in [0.15, 0.2) is 0 Å². The van der Waals surface area contributed by atoms with Crippen molar-refractivity contribution in [3.8, 4) is 0 Å². The fraction of sp³-hybridized carbons (Fsp3) is 1.00. The standard InChI is InChI=1S/2CH4.3Cr/h2*1H4;;;. The van der Waals surface area contributed by atoms with Crippen LogP contribution in [0.1, 0.15) is 14.9 Å². The summed E-state index contributed by atoms with van der Waals surface area (Å²) >= 11 is 0. The first-order valence-electron chi connectivity index (χ1n) is 0. The van der Waals surface area contributed by atoms with Gasteiger partial charge in [0, 0.05) is 52.1 Å². The summed E-state index contributed by atoms with van der Waals surface area (Å²) in [6.45, 7) is 0. The Labute approximate surface area is 66.7 Å². The monoisotopic (exact) mass is 188 g/mol. The third-order valence-electron chi connectivity index (χ3n) is 0. The molecule has 34 valence electrons. The molecular weight excluding hydrogens is 180 g/mol. The van der Waals surface area contributed by atoms with Crippen LogP contribution in [0.3, 0.4) is 0 Å². The molecule has 5 heavy (non-hydrogen) atoms. The predicted octanol–water partition coefficient (Wildman–Crippen LogP) is 1.26. The van der Waals surface area contributed by atoms with Gasteiger partial charge in [-0.2, -0.15) is 0 Å². The summed E-state index contributed by atoms with van der Waals surface area (Å²) in [6.07, 6.45) is 0. The van der Waals surface area contributed by atoms with E-state index in [-0.39, 0.29) is 66.9 Å². The number of hydrogen-bond donors (Lipinski definition) is 0. The molecule has 0 bridgehead atoms. The third kappa shape index (κ3) is 28.4. The van der Waals surface area contributed by atoms with E-state index in [4.69, 9.17) is 0 Å². The molecule has 0 fully saturated rings. The average Bonchev–Trinajstić information content (AvgIpc) is 0.